The molecule has 0 saturated heterocycles. The number of hydrogen-bond donors (Lipinski definition) is 1. The first-order valence-electron chi connectivity index (χ1n) is 7.31. The number of halogens is 2. The molecule has 128 valence electrons. The highest BCUT2D eigenvalue weighted by Crippen LogP contribution is 2.36. The minimum absolute atomic E-state index is 0. The van der Waals surface area contributed by atoms with E-state index in [0.29, 0.717) is 40.2 Å². The summed E-state index contributed by atoms with van der Waals surface area (Å²) in [6.07, 6.45) is 0.672. The first kappa shape index (κ1) is 18.4. The fourth-order valence-corrected chi connectivity index (χ4v) is 2.50. The van der Waals surface area contributed by atoms with Crippen molar-refractivity contribution >= 4 is 24.0 Å². The summed E-state index contributed by atoms with van der Waals surface area (Å²) < 4.78 is 10.7. The lowest BCUT2D eigenvalue weighted by atomic mass is 10.1. The number of aryl methyl sites for hydroxylation is 1. The zero-order valence-electron chi connectivity index (χ0n) is 13.5. The van der Waals surface area contributed by atoms with Crippen molar-refractivity contribution in [3.8, 4) is 22.7 Å². The maximum absolute atomic E-state index is 6.26. The van der Waals surface area contributed by atoms with Gasteiger partial charge in [0.15, 0.2) is 5.82 Å². The van der Waals surface area contributed by atoms with Crippen LogP contribution < -0.4 is 5.32 Å². The molecular formula is C16H18Cl2N4O2. The van der Waals surface area contributed by atoms with Gasteiger partial charge in [-0.2, -0.15) is 4.98 Å². The van der Waals surface area contributed by atoms with Gasteiger partial charge in [-0.05, 0) is 27.0 Å². The van der Waals surface area contributed by atoms with Crippen molar-refractivity contribution < 1.29 is 9.05 Å². The molecule has 6 nitrogen and oxygen atoms in total. The molecule has 2 aromatic heterocycles. The fourth-order valence-electron chi connectivity index (χ4n) is 2.28. The van der Waals surface area contributed by atoms with Gasteiger partial charge in [0.25, 0.3) is 5.89 Å². The summed E-state index contributed by atoms with van der Waals surface area (Å²) in [5, 5.41) is 11.9. The third-order valence-corrected chi connectivity index (χ3v) is 3.98. The molecule has 0 fully saturated rings. The highest BCUT2D eigenvalue weighted by molar-refractivity contribution is 6.33. The number of likely N-dealkylation sites (N-methyl/N-ethyl adjacent to an activating group) is 1. The number of hydrogen-bond acceptors (Lipinski definition) is 6. The smallest absolute Gasteiger partial charge is 0.263 e. The average molecular weight is 369 g/mol. The highest BCUT2D eigenvalue weighted by atomic mass is 35.5. The zero-order chi connectivity index (χ0) is 16.4. The van der Waals surface area contributed by atoms with Gasteiger partial charge in [0.1, 0.15) is 17.0 Å². The molecule has 0 amide bonds. The summed E-state index contributed by atoms with van der Waals surface area (Å²) in [7, 11) is 1.89. The van der Waals surface area contributed by atoms with Crippen LogP contribution in [0.2, 0.25) is 5.02 Å². The van der Waals surface area contributed by atoms with Crippen molar-refractivity contribution in [1.82, 2.24) is 20.6 Å². The van der Waals surface area contributed by atoms with Crippen LogP contribution in [0.4, 0.5) is 0 Å². The van der Waals surface area contributed by atoms with Gasteiger partial charge in [-0.25, -0.2) is 0 Å². The lowest BCUT2D eigenvalue weighted by Gasteiger charge is -2.04. The highest BCUT2D eigenvalue weighted by Gasteiger charge is 2.23. The predicted octanol–water partition coefficient (Wildman–Crippen LogP) is 3.93. The van der Waals surface area contributed by atoms with E-state index in [2.05, 4.69) is 27.5 Å². The van der Waals surface area contributed by atoms with Crippen LogP contribution in [0, 0.1) is 6.92 Å². The van der Waals surface area contributed by atoms with Gasteiger partial charge >= 0.3 is 0 Å². The zero-order valence-corrected chi connectivity index (χ0v) is 15.1. The lowest BCUT2D eigenvalue weighted by Crippen LogP contribution is -2.24. The van der Waals surface area contributed by atoms with Gasteiger partial charge in [-0.1, -0.05) is 40.1 Å². The number of benzene rings is 1. The average Bonchev–Trinajstić information content (AvgIpc) is 3.14. The molecule has 1 aromatic carbocycles. The van der Waals surface area contributed by atoms with Crippen LogP contribution in [-0.2, 0) is 6.42 Å². The van der Waals surface area contributed by atoms with Crippen LogP contribution in [0.5, 0.6) is 0 Å². The van der Waals surface area contributed by atoms with E-state index >= 15 is 0 Å². The third kappa shape index (κ3) is 3.61. The van der Waals surface area contributed by atoms with Crippen LogP contribution in [0.15, 0.2) is 33.3 Å². The molecule has 1 unspecified atom stereocenters. The molecule has 0 saturated carbocycles. The second kappa shape index (κ2) is 7.79. The molecule has 0 aliphatic carbocycles. The van der Waals surface area contributed by atoms with Crippen molar-refractivity contribution in [2.45, 2.75) is 26.3 Å². The van der Waals surface area contributed by atoms with Crippen LogP contribution in [0.1, 0.15) is 18.5 Å². The number of rotatable bonds is 5. The van der Waals surface area contributed by atoms with Crippen LogP contribution in [0.25, 0.3) is 22.7 Å². The van der Waals surface area contributed by atoms with Gasteiger partial charge in [0.05, 0.1) is 5.02 Å². The van der Waals surface area contributed by atoms with Gasteiger partial charge in [-0.3, -0.25) is 0 Å². The topological polar surface area (TPSA) is 77.0 Å². The summed E-state index contributed by atoms with van der Waals surface area (Å²) in [6.45, 7) is 3.86. The summed E-state index contributed by atoms with van der Waals surface area (Å²) >= 11 is 6.26. The van der Waals surface area contributed by atoms with E-state index < -0.39 is 0 Å². The van der Waals surface area contributed by atoms with E-state index in [-0.39, 0.29) is 18.4 Å². The summed E-state index contributed by atoms with van der Waals surface area (Å²) in [5.74, 6) is 1.63. The van der Waals surface area contributed by atoms with Crippen molar-refractivity contribution in [2.75, 3.05) is 7.05 Å². The lowest BCUT2D eigenvalue weighted by molar-refractivity contribution is 0.396. The molecular weight excluding hydrogens is 351 g/mol. The summed E-state index contributed by atoms with van der Waals surface area (Å²) in [5.41, 5.74) is 2.04. The molecule has 3 rings (SSSR count). The minimum atomic E-state index is 0. The van der Waals surface area contributed by atoms with E-state index in [1.54, 1.807) is 6.07 Å². The summed E-state index contributed by atoms with van der Waals surface area (Å²) in [6, 6.07) is 7.69. The Balaban J connectivity index is 0.00000208. The molecule has 0 radical (unpaired) electrons. The standard InChI is InChI=1S/C16H17ClN4O2.ClH/c1-9(18-3)8-13-19-16(23-20-13)14-10(2)22-21-15(14)11-6-4-5-7-12(11)17;/h4-7,9,18H,8H2,1-3H3;1H. The Hall–Kier alpha value is -1.89. The SMILES string of the molecule is CNC(C)Cc1noc(-c2c(-c3ccccc3Cl)noc2C)n1.Cl. The molecule has 1 N–H and O–H groups in total. The first-order valence-corrected chi connectivity index (χ1v) is 7.69. The largest absolute Gasteiger partial charge is 0.360 e. The monoisotopic (exact) mass is 368 g/mol. The number of nitrogens with zero attached hydrogens (tertiary/aromatic N) is 3. The molecule has 0 aliphatic rings. The summed E-state index contributed by atoms with van der Waals surface area (Å²) in [4.78, 5) is 4.46. The Morgan fingerprint density at radius 2 is 1.96 bits per heavy atom. The second-order valence-electron chi connectivity index (χ2n) is 5.35. The molecule has 0 spiro atoms. The molecule has 1 atom stereocenters. The quantitative estimate of drug-likeness (QED) is 0.735. The maximum Gasteiger partial charge on any atom is 0.263 e. The van der Waals surface area contributed by atoms with Crippen LogP contribution in [-0.4, -0.2) is 28.4 Å². The van der Waals surface area contributed by atoms with Gasteiger partial charge in [-0.15, -0.1) is 12.4 Å². The van der Waals surface area contributed by atoms with Gasteiger partial charge < -0.3 is 14.4 Å². The van der Waals surface area contributed by atoms with Crippen LogP contribution >= 0.6 is 24.0 Å². The molecule has 8 heteroatoms. The second-order valence-corrected chi connectivity index (χ2v) is 5.76. The third-order valence-electron chi connectivity index (χ3n) is 3.66. The molecule has 3 aromatic rings. The Morgan fingerprint density at radius 3 is 2.67 bits per heavy atom. The van der Waals surface area contributed by atoms with Crippen molar-refractivity contribution in [3.05, 3.63) is 40.9 Å². The Kier molecular flexibility index (Phi) is 5.99. The minimum Gasteiger partial charge on any atom is -0.360 e. The Bertz CT molecular complexity index is 816. The Labute approximate surface area is 151 Å². The maximum atomic E-state index is 6.26. The fraction of sp³-hybridized carbons (Fsp3) is 0.312. The molecule has 0 aliphatic heterocycles. The molecule has 24 heavy (non-hydrogen) atoms. The van der Waals surface area contributed by atoms with Crippen LogP contribution in [0.3, 0.4) is 0 Å². The van der Waals surface area contributed by atoms with E-state index in [0.717, 1.165) is 5.56 Å². The molecule has 0 bridgehead atoms. The van der Waals surface area contributed by atoms with Crippen molar-refractivity contribution in [3.63, 3.8) is 0 Å². The number of aromatic nitrogens is 3. The normalized spacial score (nSPS) is 12.0. The number of nitrogens with one attached hydrogen (secondary N) is 1. The Morgan fingerprint density at radius 1 is 1.21 bits per heavy atom. The van der Waals surface area contributed by atoms with E-state index in [1.165, 1.54) is 0 Å². The van der Waals surface area contributed by atoms with Crippen molar-refractivity contribution in [2.24, 2.45) is 0 Å². The van der Waals surface area contributed by atoms with Crippen molar-refractivity contribution in [1.29, 1.82) is 0 Å². The predicted molar refractivity (Wildman–Crippen MR) is 94.5 cm³/mol. The van der Waals surface area contributed by atoms with E-state index in [9.17, 15) is 0 Å². The first-order chi connectivity index (χ1) is 11.1. The molecule has 2 heterocycles. The van der Waals surface area contributed by atoms with Gasteiger partial charge in [0.2, 0.25) is 0 Å². The van der Waals surface area contributed by atoms with E-state index in [4.69, 9.17) is 20.6 Å². The van der Waals surface area contributed by atoms with E-state index in [1.807, 2.05) is 32.2 Å². The van der Waals surface area contributed by atoms with Gasteiger partial charge in [0, 0.05) is 18.0 Å².